The fraction of sp³-hybridized carbons (Fsp3) is 0.250. The molecule has 0 atom stereocenters. The number of rotatable bonds is 2. The molecule has 0 radical (unpaired) electrons. The minimum Gasteiger partial charge on any atom is -0.354 e. The van der Waals surface area contributed by atoms with Crippen LogP contribution in [0.3, 0.4) is 0 Å². The van der Waals surface area contributed by atoms with Crippen molar-refractivity contribution in [1.29, 1.82) is 0 Å². The highest BCUT2D eigenvalue weighted by Gasteiger charge is 2.14. The summed E-state index contributed by atoms with van der Waals surface area (Å²) < 4.78 is 1.30. The molecule has 0 aliphatic rings. The fourth-order valence-corrected chi connectivity index (χ4v) is 1.74. The molecule has 0 bridgehead atoms. The Labute approximate surface area is 98.1 Å². The van der Waals surface area contributed by atoms with Crippen LogP contribution in [0.25, 0.3) is 10.8 Å². The number of fused-ring (bicyclic) bond motifs is 1. The highest BCUT2D eigenvalue weighted by atomic mass is 16.2. The van der Waals surface area contributed by atoms with Crippen LogP contribution in [-0.2, 0) is 6.54 Å². The summed E-state index contributed by atoms with van der Waals surface area (Å²) in [6.07, 6.45) is 0. The van der Waals surface area contributed by atoms with Crippen molar-refractivity contribution >= 4 is 16.7 Å². The van der Waals surface area contributed by atoms with Gasteiger partial charge >= 0.3 is 0 Å². The minimum atomic E-state index is -0.289. The van der Waals surface area contributed by atoms with Crippen LogP contribution >= 0.6 is 0 Å². The van der Waals surface area contributed by atoms with E-state index in [1.807, 2.05) is 6.92 Å². The molecule has 0 saturated heterocycles. The lowest BCUT2D eigenvalue weighted by molar-refractivity contribution is 0.0957. The maximum atomic E-state index is 12.0. The molecule has 2 rings (SSSR count). The van der Waals surface area contributed by atoms with E-state index in [4.69, 9.17) is 0 Å². The minimum absolute atomic E-state index is 0.171. The molecule has 0 spiro atoms. The normalized spacial score (nSPS) is 10.5. The van der Waals surface area contributed by atoms with Gasteiger partial charge in [0.25, 0.3) is 11.5 Å². The van der Waals surface area contributed by atoms with Crippen LogP contribution < -0.4 is 10.9 Å². The molecule has 1 aromatic carbocycles. The maximum absolute atomic E-state index is 12.0. The van der Waals surface area contributed by atoms with E-state index < -0.39 is 0 Å². The van der Waals surface area contributed by atoms with Crippen molar-refractivity contribution < 1.29 is 4.79 Å². The summed E-state index contributed by atoms with van der Waals surface area (Å²) in [5, 5.41) is 7.71. The molecule has 1 heterocycles. The molecule has 0 aliphatic heterocycles. The zero-order valence-corrected chi connectivity index (χ0v) is 9.73. The van der Waals surface area contributed by atoms with E-state index in [2.05, 4.69) is 10.4 Å². The van der Waals surface area contributed by atoms with Crippen LogP contribution in [-0.4, -0.2) is 22.7 Å². The van der Waals surface area contributed by atoms with Crippen molar-refractivity contribution in [2.24, 2.45) is 0 Å². The summed E-state index contributed by atoms with van der Waals surface area (Å²) in [7, 11) is 1.54. The van der Waals surface area contributed by atoms with Crippen molar-refractivity contribution in [1.82, 2.24) is 15.1 Å². The molecule has 5 heteroatoms. The Hall–Kier alpha value is -2.17. The van der Waals surface area contributed by atoms with Gasteiger partial charge in [0.15, 0.2) is 5.69 Å². The van der Waals surface area contributed by atoms with Gasteiger partial charge in [-0.2, -0.15) is 5.10 Å². The van der Waals surface area contributed by atoms with Gasteiger partial charge in [-0.05, 0) is 13.0 Å². The number of hydrogen-bond acceptors (Lipinski definition) is 3. The Morgan fingerprint density at radius 1 is 1.35 bits per heavy atom. The third-order valence-electron chi connectivity index (χ3n) is 2.61. The van der Waals surface area contributed by atoms with Crippen LogP contribution in [0.4, 0.5) is 0 Å². The van der Waals surface area contributed by atoms with Crippen molar-refractivity contribution in [3.05, 3.63) is 40.3 Å². The van der Waals surface area contributed by atoms with E-state index in [0.29, 0.717) is 17.3 Å². The molecule has 2 aromatic rings. The Balaban J connectivity index is 2.88. The number of aryl methyl sites for hydroxylation is 1. The quantitative estimate of drug-likeness (QED) is 0.830. The first-order valence-corrected chi connectivity index (χ1v) is 5.41. The van der Waals surface area contributed by atoms with E-state index in [1.165, 1.54) is 4.68 Å². The Kier molecular flexibility index (Phi) is 2.91. The van der Waals surface area contributed by atoms with Gasteiger partial charge in [0.05, 0.1) is 5.39 Å². The third-order valence-corrected chi connectivity index (χ3v) is 2.61. The van der Waals surface area contributed by atoms with Gasteiger partial charge < -0.3 is 5.32 Å². The van der Waals surface area contributed by atoms with E-state index in [9.17, 15) is 9.59 Å². The van der Waals surface area contributed by atoms with E-state index in [-0.39, 0.29) is 17.2 Å². The topological polar surface area (TPSA) is 64.0 Å². The highest BCUT2D eigenvalue weighted by Crippen LogP contribution is 2.12. The van der Waals surface area contributed by atoms with Crippen LogP contribution in [0.1, 0.15) is 17.4 Å². The molecule has 1 amide bonds. The Morgan fingerprint density at radius 3 is 2.59 bits per heavy atom. The Bertz CT molecular complexity index is 631. The lowest BCUT2D eigenvalue weighted by Crippen LogP contribution is -2.28. The second-order valence-corrected chi connectivity index (χ2v) is 3.59. The second-order valence-electron chi connectivity index (χ2n) is 3.59. The van der Waals surface area contributed by atoms with Crippen molar-refractivity contribution in [3.8, 4) is 0 Å². The number of carbonyl (C=O) groups excluding carboxylic acids is 1. The summed E-state index contributed by atoms with van der Waals surface area (Å²) in [4.78, 5) is 23.7. The largest absolute Gasteiger partial charge is 0.354 e. The van der Waals surface area contributed by atoms with E-state index in [1.54, 1.807) is 31.3 Å². The molecule has 0 fully saturated rings. The van der Waals surface area contributed by atoms with Crippen molar-refractivity contribution in [3.63, 3.8) is 0 Å². The first kappa shape index (κ1) is 11.3. The van der Waals surface area contributed by atoms with Gasteiger partial charge in [0.1, 0.15) is 0 Å². The number of carbonyl (C=O) groups is 1. The molecule has 1 aromatic heterocycles. The van der Waals surface area contributed by atoms with Crippen LogP contribution in [0.2, 0.25) is 0 Å². The molecular formula is C12H13N3O2. The fourth-order valence-electron chi connectivity index (χ4n) is 1.74. The average molecular weight is 231 g/mol. The SMILES string of the molecule is CCn1nc(C(=O)NC)c2ccccc2c1=O. The third kappa shape index (κ3) is 1.80. The zero-order chi connectivity index (χ0) is 12.4. The Morgan fingerprint density at radius 2 is 2.00 bits per heavy atom. The molecule has 0 unspecified atom stereocenters. The van der Waals surface area contributed by atoms with Gasteiger partial charge in [-0.1, -0.05) is 18.2 Å². The molecular weight excluding hydrogens is 218 g/mol. The summed E-state index contributed by atoms with van der Waals surface area (Å²) in [6.45, 7) is 2.25. The zero-order valence-electron chi connectivity index (χ0n) is 9.73. The molecule has 0 saturated carbocycles. The van der Waals surface area contributed by atoms with Gasteiger partial charge in [-0.3, -0.25) is 9.59 Å². The van der Waals surface area contributed by atoms with Gasteiger partial charge in [0.2, 0.25) is 0 Å². The first-order valence-electron chi connectivity index (χ1n) is 5.41. The van der Waals surface area contributed by atoms with Crippen molar-refractivity contribution in [2.45, 2.75) is 13.5 Å². The number of aromatic nitrogens is 2. The van der Waals surface area contributed by atoms with Gasteiger partial charge in [0, 0.05) is 19.0 Å². The smallest absolute Gasteiger partial charge is 0.274 e. The number of nitrogens with zero attached hydrogens (tertiary/aromatic N) is 2. The maximum Gasteiger partial charge on any atom is 0.274 e. The number of nitrogens with one attached hydrogen (secondary N) is 1. The number of benzene rings is 1. The van der Waals surface area contributed by atoms with Crippen molar-refractivity contribution in [2.75, 3.05) is 7.05 Å². The summed E-state index contributed by atoms with van der Waals surface area (Å²) in [5.41, 5.74) is 0.111. The van der Waals surface area contributed by atoms with Crippen LogP contribution in [0.15, 0.2) is 29.1 Å². The standard InChI is InChI=1S/C12H13N3O2/c1-3-15-12(17)9-7-5-4-6-8(9)10(14-15)11(16)13-2/h4-7H,3H2,1-2H3,(H,13,16). The highest BCUT2D eigenvalue weighted by molar-refractivity contribution is 6.04. The predicted octanol–water partition coefficient (Wildman–Crippen LogP) is 0.776. The summed E-state index contributed by atoms with van der Waals surface area (Å²) in [5.74, 6) is -0.289. The van der Waals surface area contributed by atoms with Gasteiger partial charge in [-0.25, -0.2) is 4.68 Å². The molecule has 17 heavy (non-hydrogen) atoms. The molecule has 88 valence electrons. The monoisotopic (exact) mass is 231 g/mol. The summed E-state index contributed by atoms with van der Waals surface area (Å²) in [6, 6.07) is 7.00. The number of amides is 1. The lowest BCUT2D eigenvalue weighted by atomic mass is 10.1. The van der Waals surface area contributed by atoms with Gasteiger partial charge in [-0.15, -0.1) is 0 Å². The van der Waals surface area contributed by atoms with Crippen LogP contribution in [0.5, 0.6) is 0 Å². The van der Waals surface area contributed by atoms with E-state index in [0.717, 1.165) is 0 Å². The molecule has 0 aliphatic carbocycles. The first-order chi connectivity index (χ1) is 8.19. The predicted molar refractivity (Wildman–Crippen MR) is 65.1 cm³/mol. The number of hydrogen-bond donors (Lipinski definition) is 1. The molecule has 5 nitrogen and oxygen atoms in total. The lowest BCUT2D eigenvalue weighted by Gasteiger charge is -2.08. The second kappa shape index (κ2) is 4.37. The molecule has 1 N–H and O–H groups in total. The average Bonchev–Trinajstić information content (AvgIpc) is 2.38. The van der Waals surface area contributed by atoms with Crippen LogP contribution in [0, 0.1) is 0 Å². The summed E-state index contributed by atoms with van der Waals surface area (Å²) >= 11 is 0. The van der Waals surface area contributed by atoms with E-state index >= 15 is 0 Å².